The predicted octanol–water partition coefficient (Wildman–Crippen LogP) is -3.43. The number of aliphatic hydroxyl groups is 4. The number of carbonyl (C=O) groups excluding carboxylic acids is 1. The van der Waals surface area contributed by atoms with Crippen LogP contribution in [-0.2, 0) is 9.53 Å². The maximum atomic E-state index is 10.4. The van der Waals surface area contributed by atoms with Crippen LogP contribution in [0.25, 0.3) is 0 Å². The summed E-state index contributed by atoms with van der Waals surface area (Å²) in [5.74, 6) is 0. The maximum absolute atomic E-state index is 10.4. The van der Waals surface area contributed by atoms with Gasteiger partial charge in [-0.25, -0.2) is 0 Å². The van der Waals surface area contributed by atoms with Crippen molar-refractivity contribution in [3.8, 4) is 0 Å². The van der Waals surface area contributed by atoms with E-state index in [4.69, 9.17) is 11.2 Å². The molecule has 0 aromatic heterocycles. The van der Waals surface area contributed by atoms with Gasteiger partial charge in [0.05, 0.1) is 19.2 Å². The Balaban J connectivity index is 2.60. The predicted molar refractivity (Wildman–Crippen MR) is 47.8 cm³/mol. The van der Waals surface area contributed by atoms with Gasteiger partial charge in [-0.3, -0.25) is 0 Å². The van der Waals surface area contributed by atoms with Crippen LogP contribution in [0, 0.1) is 0 Å². The van der Waals surface area contributed by atoms with Gasteiger partial charge in [0.2, 0.25) is 0 Å². The van der Waals surface area contributed by atoms with E-state index in [0.717, 1.165) is 0 Å². The Morgan fingerprint density at radius 3 is 2.60 bits per heavy atom. The van der Waals surface area contributed by atoms with Crippen LogP contribution in [0.4, 0.5) is 0 Å². The lowest BCUT2D eigenvalue weighted by Crippen LogP contribution is -2.63. The molecule has 0 radical (unpaired) electrons. The molecule has 1 rings (SSSR count). The first kappa shape index (κ1) is 10.9. The van der Waals surface area contributed by atoms with Gasteiger partial charge in [-0.15, -0.1) is 0 Å². The zero-order valence-electron chi connectivity index (χ0n) is 8.91. The molecule has 15 heavy (non-hydrogen) atoms. The average Bonchev–Trinajstić information content (AvgIpc) is 2.22. The minimum absolute atomic E-state index is 0.376. The molecule has 0 bridgehead atoms. The van der Waals surface area contributed by atoms with E-state index in [0.29, 0.717) is 0 Å². The average molecular weight is 222 g/mol. The molecule has 1 aliphatic rings. The van der Waals surface area contributed by atoms with Gasteiger partial charge >= 0.3 is 0 Å². The Morgan fingerprint density at radius 1 is 1.40 bits per heavy atom. The number of aliphatic hydroxyl groups excluding tert-OH is 4. The van der Waals surface area contributed by atoms with Crippen LogP contribution >= 0.6 is 0 Å². The fourth-order valence-electron chi connectivity index (χ4n) is 1.48. The Bertz CT molecular complexity index is 253. The molecule has 5 N–H and O–H groups in total. The lowest BCUT2D eigenvalue weighted by Gasteiger charge is -2.40. The molecule has 5 atom stereocenters. The van der Waals surface area contributed by atoms with Crippen molar-refractivity contribution in [2.75, 3.05) is 13.2 Å². The number of rotatable bonds is 4. The van der Waals surface area contributed by atoms with Gasteiger partial charge in [0, 0.05) is 0 Å². The van der Waals surface area contributed by atoms with Crippen molar-refractivity contribution >= 4 is 6.26 Å². The Labute approximate surface area is 87.7 Å². The summed E-state index contributed by atoms with van der Waals surface area (Å²) in [4.78, 5) is 10.4. The van der Waals surface area contributed by atoms with Gasteiger partial charge in [-0.2, -0.15) is 0 Å². The van der Waals surface area contributed by atoms with E-state index in [2.05, 4.69) is 5.32 Å². The third kappa shape index (κ3) is 2.71. The molecule has 0 aromatic carbocycles. The zero-order valence-corrected chi connectivity index (χ0v) is 7.91. The highest BCUT2D eigenvalue weighted by Crippen LogP contribution is 2.19. The lowest BCUT2D eigenvalue weighted by atomic mass is 9.97. The van der Waals surface area contributed by atoms with Crippen molar-refractivity contribution < 1.29 is 31.3 Å². The molecule has 0 aliphatic carbocycles. The second-order valence-electron chi connectivity index (χ2n) is 3.28. The minimum atomic E-state index is -1.46. The number of hydrogen-bond acceptors (Lipinski definition) is 7. The third-order valence-electron chi connectivity index (χ3n) is 2.31. The Kier molecular flexibility index (Phi) is 4.01. The summed E-state index contributed by atoms with van der Waals surface area (Å²) in [5.41, 5.74) is 0. The number of carbonyl (C=O) groups is 1. The van der Waals surface area contributed by atoms with Gasteiger partial charge in [0.25, 0.3) is 0 Å². The van der Waals surface area contributed by atoms with Crippen LogP contribution in [0.15, 0.2) is 0 Å². The second-order valence-corrected chi connectivity index (χ2v) is 3.28. The van der Waals surface area contributed by atoms with Crippen LogP contribution in [0.5, 0.6) is 0 Å². The van der Waals surface area contributed by atoms with E-state index in [-0.39, 0.29) is 6.54 Å². The second kappa shape index (κ2) is 5.50. The van der Waals surface area contributed by atoms with Crippen LogP contribution in [-0.4, -0.2) is 70.5 Å². The van der Waals surface area contributed by atoms with Crippen molar-refractivity contribution in [3.05, 3.63) is 0 Å². The van der Waals surface area contributed by atoms with Crippen LogP contribution in [0.2, 0.25) is 0 Å². The zero-order chi connectivity index (χ0) is 12.3. The van der Waals surface area contributed by atoms with Gasteiger partial charge in [-0.1, -0.05) is 0 Å². The normalized spacial score (nSPS) is 42.4. The molecule has 7 nitrogen and oxygen atoms in total. The highest BCUT2D eigenvalue weighted by Gasteiger charge is 2.43. The van der Waals surface area contributed by atoms with Gasteiger partial charge in [0.1, 0.15) is 25.9 Å². The molecule has 1 aliphatic heterocycles. The van der Waals surface area contributed by atoms with E-state index < -0.39 is 43.5 Å². The number of nitrogens with one attached hydrogen (secondary N) is 1. The van der Waals surface area contributed by atoms with E-state index in [1.165, 1.54) is 0 Å². The van der Waals surface area contributed by atoms with E-state index in [9.17, 15) is 20.1 Å². The van der Waals surface area contributed by atoms with Crippen molar-refractivity contribution in [1.82, 2.24) is 5.32 Å². The number of aldehydes is 1. The first-order valence-electron chi connectivity index (χ1n) is 5.00. The van der Waals surface area contributed by atoms with Crippen molar-refractivity contribution in [2.24, 2.45) is 0 Å². The highest BCUT2D eigenvalue weighted by molar-refractivity contribution is 5.51. The summed E-state index contributed by atoms with van der Waals surface area (Å²) in [6.07, 6.45) is -6.21. The molecule has 1 unspecified atom stereocenters. The largest absolute Gasteiger partial charge is 0.394 e. The molecule has 1 heterocycles. The lowest BCUT2D eigenvalue weighted by molar-refractivity contribution is -0.254. The summed E-state index contributed by atoms with van der Waals surface area (Å²) >= 11 is 0. The van der Waals surface area contributed by atoms with Crippen molar-refractivity contribution in [3.63, 3.8) is 0 Å². The Morgan fingerprint density at radius 2 is 2.07 bits per heavy atom. The molecule has 0 spiro atoms. The van der Waals surface area contributed by atoms with Crippen LogP contribution in [0.1, 0.15) is 1.37 Å². The molecule has 1 fully saturated rings. The summed E-state index contributed by atoms with van der Waals surface area (Å²) in [7, 11) is 0. The first-order valence-corrected chi connectivity index (χ1v) is 4.50. The van der Waals surface area contributed by atoms with Gasteiger partial charge in [0.15, 0.2) is 6.29 Å². The molecule has 88 valence electrons. The quantitative estimate of drug-likeness (QED) is 0.314. The standard InChI is InChI=1S/C8H15NO6/c10-2-1-9-5-7(13)6(12)4(3-11)15-8(5)14/h2,4-9,11-14H,1,3H2/t4-,5-,6+,7-,8?/m1/s1/i2D. The summed E-state index contributed by atoms with van der Waals surface area (Å²) in [6.45, 7) is -0.919. The molecule has 0 amide bonds. The van der Waals surface area contributed by atoms with Crippen LogP contribution < -0.4 is 5.32 Å². The van der Waals surface area contributed by atoms with Crippen molar-refractivity contribution in [1.29, 1.82) is 0 Å². The van der Waals surface area contributed by atoms with E-state index in [1.807, 2.05) is 0 Å². The first-order chi connectivity index (χ1) is 7.47. The smallest absolute Gasteiger partial charge is 0.173 e. The maximum Gasteiger partial charge on any atom is 0.173 e. The SMILES string of the molecule is [2H]C(=O)CN[C@H]1C(O)O[C@H](CO)[C@H](O)[C@@H]1O. The summed E-state index contributed by atoms with van der Waals surface area (Å²) in [6, 6.07) is -1.08. The third-order valence-corrected chi connectivity index (χ3v) is 2.31. The van der Waals surface area contributed by atoms with Crippen LogP contribution in [0.3, 0.4) is 0 Å². The molecular weight excluding hydrogens is 206 g/mol. The van der Waals surface area contributed by atoms with Crippen molar-refractivity contribution in [2.45, 2.75) is 30.6 Å². The minimum Gasteiger partial charge on any atom is -0.394 e. The fourth-order valence-corrected chi connectivity index (χ4v) is 1.48. The number of hydrogen-bond donors (Lipinski definition) is 5. The number of ether oxygens (including phenoxy) is 1. The monoisotopic (exact) mass is 222 g/mol. The summed E-state index contributed by atoms with van der Waals surface area (Å²) < 4.78 is 11.5. The van der Waals surface area contributed by atoms with E-state index in [1.54, 1.807) is 0 Å². The van der Waals surface area contributed by atoms with Gasteiger partial charge in [-0.05, 0) is 0 Å². The fraction of sp³-hybridized carbons (Fsp3) is 0.875. The molecule has 1 saturated heterocycles. The molecule has 7 heteroatoms. The molecule has 0 saturated carbocycles. The van der Waals surface area contributed by atoms with Gasteiger partial charge < -0.3 is 35.3 Å². The van der Waals surface area contributed by atoms with E-state index >= 15 is 0 Å². The molecular formula is C8H15NO6. The summed E-state index contributed by atoms with van der Waals surface area (Å²) in [5, 5.41) is 39.7. The topological polar surface area (TPSA) is 119 Å². The molecule has 0 aromatic rings. The Hall–Kier alpha value is -0.570. The highest BCUT2D eigenvalue weighted by atomic mass is 16.6.